The van der Waals surface area contributed by atoms with Crippen molar-refractivity contribution in [2.45, 2.75) is 18.7 Å². The number of anilines is 2. The van der Waals surface area contributed by atoms with Crippen LogP contribution in [0.1, 0.15) is 21.5 Å². The van der Waals surface area contributed by atoms with E-state index in [0.29, 0.717) is 16.9 Å². The first-order valence-electron chi connectivity index (χ1n) is 8.27. The first kappa shape index (κ1) is 21.4. The summed E-state index contributed by atoms with van der Waals surface area (Å²) in [6.45, 7) is 3.61. The third-order valence-electron chi connectivity index (χ3n) is 3.96. The molecule has 0 radical (unpaired) electrons. The van der Waals surface area contributed by atoms with Gasteiger partial charge in [-0.1, -0.05) is 23.8 Å². The minimum Gasteiger partial charge on any atom is -1.00 e. The van der Waals surface area contributed by atoms with E-state index in [-0.39, 0.29) is 22.9 Å². The van der Waals surface area contributed by atoms with Crippen molar-refractivity contribution < 1.29 is 25.6 Å². The average Bonchev–Trinajstić information content (AvgIpc) is 2.64. The highest BCUT2D eigenvalue weighted by molar-refractivity contribution is 7.92. The van der Waals surface area contributed by atoms with E-state index in [9.17, 15) is 13.2 Å². The van der Waals surface area contributed by atoms with Gasteiger partial charge in [-0.25, -0.2) is 8.42 Å². The molecule has 1 aromatic heterocycles. The normalized spacial score (nSPS) is 10.6. The van der Waals surface area contributed by atoms with Gasteiger partial charge in [0.05, 0.1) is 16.8 Å². The van der Waals surface area contributed by atoms with Crippen molar-refractivity contribution in [1.29, 1.82) is 0 Å². The fourth-order valence-corrected chi connectivity index (χ4v) is 3.83. The lowest BCUT2D eigenvalue weighted by Gasteiger charge is -2.12. The lowest BCUT2D eigenvalue weighted by atomic mass is 10.1. The van der Waals surface area contributed by atoms with Gasteiger partial charge in [0, 0.05) is 17.4 Å². The van der Waals surface area contributed by atoms with Crippen molar-refractivity contribution in [2.24, 2.45) is 0 Å². The Bertz CT molecular complexity index is 1070. The Balaban J connectivity index is 0.00000280. The summed E-state index contributed by atoms with van der Waals surface area (Å²) in [6.07, 6.45) is 3.12. The largest absolute Gasteiger partial charge is 1.00 e. The maximum Gasteiger partial charge on any atom is 0.262 e. The van der Waals surface area contributed by atoms with Crippen molar-refractivity contribution in [2.75, 3.05) is 10.0 Å². The summed E-state index contributed by atoms with van der Waals surface area (Å²) in [5.41, 5.74) is 2.82. The fourth-order valence-electron chi connectivity index (χ4n) is 2.50. The molecule has 8 heteroatoms. The van der Waals surface area contributed by atoms with E-state index < -0.39 is 15.9 Å². The molecule has 6 nitrogen and oxygen atoms in total. The minimum atomic E-state index is -3.83. The SMILES string of the molecule is Cc1ccc(NS(=O)(=O)c2cc(C(=O)Nc3cccnc3)ccc2C)cc1.[Cl-]. The number of aromatic nitrogens is 1. The smallest absolute Gasteiger partial charge is 0.262 e. The molecule has 3 aromatic rings. The molecule has 2 aromatic carbocycles. The molecule has 0 atom stereocenters. The van der Waals surface area contributed by atoms with Gasteiger partial charge in [-0.2, -0.15) is 0 Å². The van der Waals surface area contributed by atoms with E-state index in [4.69, 9.17) is 0 Å². The monoisotopic (exact) mass is 416 g/mol. The first-order valence-corrected chi connectivity index (χ1v) is 9.75. The van der Waals surface area contributed by atoms with E-state index in [0.717, 1.165) is 5.56 Å². The van der Waals surface area contributed by atoms with Crippen LogP contribution in [-0.2, 0) is 10.0 Å². The van der Waals surface area contributed by atoms with Crippen molar-refractivity contribution in [3.05, 3.63) is 83.7 Å². The van der Waals surface area contributed by atoms with Crippen molar-refractivity contribution in [3.8, 4) is 0 Å². The van der Waals surface area contributed by atoms with Gasteiger partial charge in [-0.15, -0.1) is 0 Å². The summed E-state index contributed by atoms with van der Waals surface area (Å²) in [5, 5.41) is 2.70. The molecule has 0 aliphatic carbocycles. The summed E-state index contributed by atoms with van der Waals surface area (Å²) in [4.78, 5) is 16.4. The Morgan fingerprint density at radius 1 is 0.964 bits per heavy atom. The number of carbonyl (C=O) groups is 1. The van der Waals surface area contributed by atoms with Gasteiger partial charge in [0.1, 0.15) is 0 Å². The summed E-state index contributed by atoms with van der Waals surface area (Å²) >= 11 is 0. The van der Waals surface area contributed by atoms with Crippen LogP contribution >= 0.6 is 0 Å². The van der Waals surface area contributed by atoms with Crippen molar-refractivity contribution in [1.82, 2.24) is 4.98 Å². The topological polar surface area (TPSA) is 88.2 Å². The molecule has 0 saturated carbocycles. The predicted octanol–water partition coefficient (Wildman–Crippen LogP) is 0.756. The predicted molar refractivity (Wildman–Crippen MR) is 105 cm³/mol. The summed E-state index contributed by atoms with van der Waals surface area (Å²) in [7, 11) is -3.83. The quantitative estimate of drug-likeness (QED) is 0.642. The van der Waals surface area contributed by atoms with Gasteiger partial charge in [0.15, 0.2) is 0 Å². The molecule has 0 unspecified atom stereocenters. The van der Waals surface area contributed by atoms with Crippen LogP contribution in [0.3, 0.4) is 0 Å². The van der Waals surface area contributed by atoms with E-state index in [1.807, 2.05) is 19.1 Å². The molecule has 1 heterocycles. The second-order valence-corrected chi connectivity index (χ2v) is 7.80. The van der Waals surface area contributed by atoms with Gasteiger partial charge in [-0.3, -0.25) is 14.5 Å². The van der Waals surface area contributed by atoms with Gasteiger partial charge >= 0.3 is 0 Å². The lowest BCUT2D eigenvalue weighted by Crippen LogP contribution is -3.00. The zero-order valence-corrected chi connectivity index (χ0v) is 16.9. The highest BCUT2D eigenvalue weighted by Gasteiger charge is 2.19. The Hall–Kier alpha value is -2.90. The van der Waals surface area contributed by atoms with Gasteiger partial charge in [-0.05, 0) is 55.8 Å². The summed E-state index contributed by atoms with van der Waals surface area (Å²) < 4.78 is 28.1. The number of nitrogens with zero attached hydrogens (tertiary/aromatic N) is 1. The van der Waals surface area contributed by atoms with E-state index in [1.165, 1.54) is 12.3 Å². The molecule has 2 N–H and O–H groups in total. The standard InChI is InChI=1S/C20H19N3O3S.ClH/c1-14-5-9-17(10-6-14)23-27(25,26)19-12-16(8-7-15(19)2)20(24)22-18-4-3-11-21-13-18;/h3-13,23H,1-2H3,(H,22,24);1H/p-1. The molecule has 3 rings (SSSR count). The molecule has 146 valence electrons. The van der Waals surface area contributed by atoms with Crippen LogP contribution in [0.5, 0.6) is 0 Å². The van der Waals surface area contributed by atoms with Crippen LogP contribution in [0.4, 0.5) is 11.4 Å². The number of hydrogen-bond donors (Lipinski definition) is 2. The zero-order valence-electron chi connectivity index (χ0n) is 15.3. The number of sulfonamides is 1. The Morgan fingerprint density at radius 3 is 2.32 bits per heavy atom. The third kappa shape index (κ3) is 5.09. The summed E-state index contributed by atoms with van der Waals surface area (Å²) in [6, 6.07) is 15.0. The molecule has 0 aliphatic heterocycles. The first-order chi connectivity index (χ1) is 12.8. The Morgan fingerprint density at radius 2 is 1.68 bits per heavy atom. The van der Waals surface area contributed by atoms with E-state index in [2.05, 4.69) is 15.0 Å². The third-order valence-corrected chi connectivity index (χ3v) is 5.49. The highest BCUT2D eigenvalue weighted by Crippen LogP contribution is 2.21. The molecule has 0 aliphatic rings. The second-order valence-electron chi connectivity index (χ2n) is 6.15. The molecular weight excluding hydrogens is 398 g/mol. The number of nitrogens with one attached hydrogen (secondary N) is 2. The van der Waals surface area contributed by atoms with Crippen molar-refractivity contribution >= 4 is 27.3 Å². The van der Waals surface area contributed by atoms with Crippen LogP contribution in [0.25, 0.3) is 0 Å². The zero-order chi connectivity index (χ0) is 19.4. The number of pyridine rings is 1. The van der Waals surface area contributed by atoms with Crippen LogP contribution in [-0.4, -0.2) is 19.3 Å². The summed E-state index contributed by atoms with van der Waals surface area (Å²) in [5.74, 6) is -0.408. The lowest BCUT2D eigenvalue weighted by molar-refractivity contribution is -0.0000156. The average molecular weight is 417 g/mol. The van der Waals surface area contributed by atoms with E-state index >= 15 is 0 Å². The number of aryl methyl sites for hydroxylation is 2. The van der Waals surface area contributed by atoms with Gasteiger partial charge < -0.3 is 17.7 Å². The van der Waals surface area contributed by atoms with Gasteiger partial charge in [0.25, 0.3) is 15.9 Å². The van der Waals surface area contributed by atoms with E-state index in [1.54, 1.807) is 49.5 Å². The minimum absolute atomic E-state index is 0. The molecule has 1 amide bonds. The maximum atomic E-state index is 12.8. The Kier molecular flexibility index (Phi) is 6.77. The Labute approximate surface area is 170 Å². The molecule has 28 heavy (non-hydrogen) atoms. The number of rotatable bonds is 5. The molecule has 0 saturated heterocycles. The number of amides is 1. The van der Waals surface area contributed by atoms with Crippen LogP contribution < -0.4 is 22.4 Å². The van der Waals surface area contributed by atoms with Crippen molar-refractivity contribution in [3.63, 3.8) is 0 Å². The highest BCUT2D eigenvalue weighted by atomic mass is 35.5. The number of halogens is 1. The second kappa shape index (κ2) is 8.86. The molecular formula is C20H19ClN3O3S-. The number of benzene rings is 2. The number of hydrogen-bond acceptors (Lipinski definition) is 4. The molecule has 0 spiro atoms. The number of carbonyl (C=O) groups excluding carboxylic acids is 1. The van der Waals surface area contributed by atoms with Crippen LogP contribution in [0.15, 0.2) is 71.9 Å². The fraction of sp³-hybridized carbons (Fsp3) is 0.100. The molecule has 0 bridgehead atoms. The van der Waals surface area contributed by atoms with Crippen LogP contribution in [0.2, 0.25) is 0 Å². The van der Waals surface area contributed by atoms with Gasteiger partial charge in [0.2, 0.25) is 0 Å². The van der Waals surface area contributed by atoms with Crippen LogP contribution in [0, 0.1) is 13.8 Å². The molecule has 0 fully saturated rings. The maximum absolute atomic E-state index is 12.8.